The number of allylic oxidation sites excluding steroid dienone is 2. The Hall–Kier alpha value is -3.65. The molecule has 8 heteroatoms. The number of methoxy groups -OCH3 is 5. The van der Waals surface area contributed by atoms with Gasteiger partial charge in [-0.15, -0.1) is 0 Å². The molecule has 0 unspecified atom stereocenters. The summed E-state index contributed by atoms with van der Waals surface area (Å²) in [5, 5.41) is 0. The van der Waals surface area contributed by atoms with Crippen LogP contribution in [0.15, 0.2) is 36.4 Å². The van der Waals surface area contributed by atoms with Crippen molar-refractivity contribution in [1.82, 2.24) is 0 Å². The summed E-state index contributed by atoms with van der Waals surface area (Å²) < 4.78 is 37.9. The molecule has 0 aromatic heterocycles. The molecular weight excluding hydrogens is 440 g/mol. The predicted octanol–water partition coefficient (Wildman–Crippen LogP) is 4.79. The minimum absolute atomic E-state index is 0.0470. The monoisotopic (exact) mass is 472 g/mol. The van der Waals surface area contributed by atoms with Crippen LogP contribution < -0.4 is 28.4 Å². The fourth-order valence-electron chi connectivity index (χ4n) is 3.02. The molecule has 0 aliphatic heterocycles. The number of rotatable bonds is 13. The highest BCUT2D eigenvalue weighted by atomic mass is 16.7. The quantitative estimate of drug-likeness (QED) is 0.304. The van der Waals surface area contributed by atoms with Gasteiger partial charge in [-0.3, -0.25) is 4.79 Å². The third-order valence-corrected chi connectivity index (χ3v) is 4.52. The van der Waals surface area contributed by atoms with Gasteiger partial charge in [0.05, 0.1) is 34.5 Å². The third-order valence-electron chi connectivity index (χ3n) is 4.52. The topological polar surface area (TPSA) is 81.7 Å². The van der Waals surface area contributed by atoms with E-state index in [4.69, 9.17) is 33.2 Å². The first-order valence-corrected chi connectivity index (χ1v) is 10.6. The Kier molecular flexibility index (Phi) is 10.3. The second-order valence-electron chi connectivity index (χ2n) is 7.30. The van der Waals surface area contributed by atoms with Gasteiger partial charge in [-0.05, 0) is 61.4 Å². The summed E-state index contributed by atoms with van der Waals surface area (Å²) in [6.07, 6.45) is 6.20. The van der Waals surface area contributed by atoms with Gasteiger partial charge in [0.15, 0.2) is 35.6 Å². The summed E-state index contributed by atoms with van der Waals surface area (Å²) in [5.74, 6) is 2.69. The molecule has 0 bridgehead atoms. The molecule has 0 fully saturated rings. The van der Waals surface area contributed by atoms with E-state index in [0.717, 1.165) is 5.56 Å². The number of carbonyl (C=O) groups is 1. The molecule has 0 atom stereocenters. The molecule has 34 heavy (non-hydrogen) atoms. The van der Waals surface area contributed by atoms with E-state index < -0.39 is 0 Å². The van der Waals surface area contributed by atoms with Crippen LogP contribution in [0.4, 0.5) is 0 Å². The summed E-state index contributed by atoms with van der Waals surface area (Å²) >= 11 is 0. The lowest BCUT2D eigenvalue weighted by molar-refractivity contribution is -0.110. The number of benzene rings is 2. The number of ketones is 1. The van der Waals surface area contributed by atoms with Gasteiger partial charge >= 0.3 is 0 Å². The third kappa shape index (κ3) is 7.18. The van der Waals surface area contributed by atoms with Crippen molar-refractivity contribution in [2.75, 3.05) is 42.3 Å². The maximum Gasteiger partial charge on any atom is 0.206 e. The van der Waals surface area contributed by atoms with Gasteiger partial charge in [0.25, 0.3) is 0 Å². The van der Waals surface area contributed by atoms with Crippen LogP contribution in [0.5, 0.6) is 34.5 Å². The van der Waals surface area contributed by atoms with Crippen LogP contribution in [0.1, 0.15) is 25.0 Å². The van der Waals surface area contributed by atoms with E-state index in [9.17, 15) is 4.79 Å². The zero-order valence-corrected chi connectivity index (χ0v) is 20.7. The Morgan fingerprint density at radius 1 is 0.735 bits per heavy atom. The zero-order chi connectivity index (χ0) is 25.1. The molecule has 0 saturated heterocycles. The Morgan fingerprint density at radius 2 is 1.15 bits per heavy atom. The minimum Gasteiger partial charge on any atom is -0.493 e. The largest absolute Gasteiger partial charge is 0.493 e. The van der Waals surface area contributed by atoms with Crippen molar-refractivity contribution in [3.8, 4) is 34.5 Å². The maximum absolute atomic E-state index is 12.5. The molecule has 0 amide bonds. The Balaban J connectivity index is 2.24. The van der Waals surface area contributed by atoms with Crippen molar-refractivity contribution in [2.24, 2.45) is 0 Å². The van der Waals surface area contributed by atoms with E-state index in [2.05, 4.69) is 0 Å². The van der Waals surface area contributed by atoms with Crippen molar-refractivity contribution in [1.29, 1.82) is 0 Å². The van der Waals surface area contributed by atoms with Crippen LogP contribution in [0.3, 0.4) is 0 Å². The summed E-state index contributed by atoms with van der Waals surface area (Å²) in [6, 6.07) is 7.04. The predicted molar refractivity (Wildman–Crippen MR) is 130 cm³/mol. The van der Waals surface area contributed by atoms with Gasteiger partial charge in [0, 0.05) is 7.11 Å². The van der Waals surface area contributed by atoms with Crippen LogP contribution in [-0.4, -0.2) is 54.2 Å². The van der Waals surface area contributed by atoms with E-state index in [0.29, 0.717) is 40.1 Å². The second-order valence-corrected chi connectivity index (χ2v) is 7.30. The second kappa shape index (κ2) is 13.2. The summed E-state index contributed by atoms with van der Waals surface area (Å²) in [4.78, 5) is 12.5. The molecule has 0 heterocycles. The number of hydrogen-bond acceptors (Lipinski definition) is 8. The molecule has 2 aromatic rings. The van der Waals surface area contributed by atoms with E-state index in [1.165, 1.54) is 33.5 Å². The van der Waals surface area contributed by atoms with Gasteiger partial charge < -0.3 is 33.2 Å². The molecule has 0 aliphatic rings. The minimum atomic E-state index is -0.210. The van der Waals surface area contributed by atoms with Crippen LogP contribution >= 0.6 is 0 Å². The molecule has 8 nitrogen and oxygen atoms in total. The average molecular weight is 473 g/mol. The van der Waals surface area contributed by atoms with Crippen LogP contribution in [0.25, 0.3) is 12.2 Å². The van der Waals surface area contributed by atoms with Gasteiger partial charge in [0.2, 0.25) is 11.5 Å². The normalized spacial score (nSPS) is 11.2. The number of carbonyl (C=O) groups excluding carboxylic acids is 1. The fraction of sp³-hybridized carbons (Fsp3) is 0.346. The highest BCUT2D eigenvalue weighted by Crippen LogP contribution is 2.40. The molecule has 0 saturated carbocycles. The van der Waals surface area contributed by atoms with Crippen molar-refractivity contribution < 1.29 is 38.0 Å². The van der Waals surface area contributed by atoms with E-state index in [-0.39, 0.29) is 18.7 Å². The van der Waals surface area contributed by atoms with Crippen molar-refractivity contribution >= 4 is 17.9 Å². The Labute approximate surface area is 200 Å². The van der Waals surface area contributed by atoms with E-state index >= 15 is 0 Å². The van der Waals surface area contributed by atoms with Crippen LogP contribution in [0, 0.1) is 0 Å². The molecule has 184 valence electrons. The van der Waals surface area contributed by atoms with Gasteiger partial charge in [-0.1, -0.05) is 12.2 Å². The zero-order valence-electron chi connectivity index (χ0n) is 20.7. The first-order valence-electron chi connectivity index (χ1n) is 10.6. The molecule has 0 aliphatic carbocycles. The van der Waals surface area contributed by atoms with Crippen molar-refractivity contribution in [2.45, 2.75) is 20.0 Å². The van der Waals surface area contributed by atoms with Crippen LogP contribution in [0.2, 0.25) is 0 Å². The smallest absolute Gasteiger partial charge is 0.206 e. The lowest BCUT2D eigenvalue weighted by Crippen LogP contribution is -2.08. The molecule has 0 spiro atoms. The lowest BCUT2D eigenvalue weighted by Gasteiger charge is -2.17. The number of hydrogen-bond donors (Lipinski definition) is 0. The first kappa shape index (κ1) is 26.6. The van der Waals surface area contributed by atoms with Gasteiger partial charge in [-0.2, -0.15) is 0 Å². The highest BCUT2D eigenvalue weighted by molar-refractivity contribution is 6.04. The van der Waals surface area contributed by atoms with Crippen LogP contribution in [-0.2, 0) is 9.53 Å². The van der Waals surface area contributed by atoms with Crippen molar-refractivity contribution in [3.63, 3.8) is 0 Å². The lowest BCUT2D eigenvalue weighted by atomic mass is 10.1. The highest BCUT2D eigenvalue weighted by Gasteiger charge is 2.15. The van der Waals surface area contributed by atoms with E-state index in [1.54, 1.807) is 50.6 Å². The first-order chi connectivity index (χ1) is 16.4. The molecule has 0 radical (unpaired) electrons. The summed E-state index contributed by atoms with van der Waals surface area (Å²) in [7, 11) is 7.68. The van der Waals surface area contributed by atoms with E-state index in [1.807, 2.05) is 13.8 Å². The molecule has 2 aromatic carbocycles. The molecule has 2 rings (SSSR count). The molecule has 0 N–H and O–H groups in total. The number of ether oxygens (including phenoxy) is 7. The molecular formula is C26H32O8. The Bertz CT molecular complexity index is 973. The standard InChI is InChI=1S/C26H32O8/c1-17(2)34-26-23(31-6)14-19(15-24(26)32-7)9-11-20(27)10-8-18-12-21(29-4)25(33-16-28-3)22(13-18)30-5/h8-15,17H,16H2,1-7H3/b10-8+,11-9+. The van der Waals surface area contributed by atoms with Gasteiger partial charge in [-0.25, -0.2) is 0 Å². The van der Waals surface area contributed by atoms with Crippen molar-refractivity contribution in [3.05, 3.63) is 47.5 Å². The maximum atomic E-state index is 12.5. The summed E-state index contributed by atoms with van der Waals surface area (Å²) in [5.41, 5.74) is 1.44. The average Bonchev–Trinajstić information content (AvgIpc) is 2.84. The Morgan fingerprint density at radius 3 is 1.50 bits per heavy atom. The SMILES string of the molecule is COCOc1c(OC)cc(/C=C/C(=O)/C=C/c2cc(OC)c(OC(C)C)c(OC)c2)cc1OC. The fourth-order valence-corrected chi connectivity index (χ4v) is 3.02. The van der Waals surface area contributed by atoms with Gasteiger partial charge in [0.1, 0.15) is 0 Å². The summed E-state index contributed by atoms with van der Waals surface area (Å²) in [6.45, 7) is 3.89.